The molecular formula is C13H17Cl2N5O. The second kappa shape index (κ2) is 6.89. The SMILES string of the molecule is Cl.Cl.NC1(C(=O)Nc2cccc(Cn3cncn3)c2)CC1. The van der Waals surface area contributed by atoms with E-state index in [0.717, 1.165) is 24.1 Å². The van der Waals surface area contributed by atoms with Crippen LogP contribution in [-0.4, -0.2) is 26.2 Å². The molecule has 2 aromatic rings. The summed E-state index contributed by atoms with van der Waals surface area (Å²) in [5.41, 5.74) is 7.01. The molecule has 1 amide bonds. The molecule has 1 aromatic heterocycles. The van der Waals surface area contributed by atoms with Gasteiger partial charge in [0.1, 0.15) is 12.7 Å². The van der Waals surface area contributed by atoms with Gasteiger partial charge in [0, 0.05) is 5.69 Å². The van der Waals surface area contributed by atoms with Gasteiger partial charge in [-0.25, -0.2) is 9.67 Å². The van der Waals surface area contributed by atoms with Crippen molar-refractivity contribution in [3.63, 3.8) is 0 Å². The first-order valence-electron chi connectivity index (χ1n) is 6.17. The monoisotopic (exact) mass is 329 g/mol. The number of halogens is 2. The minimum absolute atomic E-state index is 0. The van der Waals surface area contributed by atoms with Crippen LogP contribution < -0.4 is 11.1 Å². The number of rotatable bonds is 4. The van der Waals surface area contributed by atoms with Crippen molar-refractivity contribution in [2.24, 2.45) is 5.73 Å². The molecule has 0 saturated heterocycles. The van der Waals surface area contributed by atoms with E-state index in [-0.39, 0.29) is 30.7 Å². The van der Waals surface area contributed by atoms with Gasteiger partial charge in [-0.2, -0.15) is 5.10 Å². The van der Waals surface area contributed by atoms with Crippen molar-refractivity contribution < 1.29 is 4.79 Å². The van der Waals surface area contributed by atoms with Crippen molar-refractivity contribution in [2.45, 2.75) is 24.9 Å². The molecule has 1 aliphatic carbocycles. The Morgan fingerprint density at radius 2 is 2.14 bits per heavy atom. The molecular weight excluding hydrogens is 313 g/mol. The number of benzene rings is 1. The molecule has 1 heterocycles. The highest BCUT2D eigenvalue weighted by molar-refractivity contribution is 6.00. The van der Waals surface area contributed by atoms with E-state index in [4.69, 9.17) is 5.73 Å². The molecule has 0 unspecified atom stereocenters. The molecule has 1 aromatic carbocycles. The summed E-state index contributed by atoms with van der Waals surface area (Å²) >= 11 is 0. The van der Waals surface area contributed by atoms with Crippen molar-refractivity contribution in [1.29, 1.82) is 0 Å². The summed E-state index contributed by atoms with van der Waals surface area (Å²) in [7, 11) is 0. The largest absolute Gasteiger partial charge is 0.324 e. The number of carbonyl (C=O) groups is 1. The lowest BCUT2D eigenvalue weighted by atomic mass is 10.2. The zero-order chi connectivity index (χ0) is 13.3. The standard InChI is InChI=1S/C13H15N5O.2ClH/c14-13(4-5-13)12(19)17-11-3-1-2-10(6-11)7-18-9-15-8-16-18;;/h1-3,6,8-9H,4-5,7,14H2,(H,17,19);2*1H. The number of aromatic nitrogens is 3. The highest BCUT2D eigenvalue weighted by Gasteiger charge is 2.45. The van der Waals surface area contributed by atoms with E-state index >= 15 is 0 Å². The van der Waals surface area contributed by atoms with E-state index < -0.39 is 5.54 Å². The summed E-state index contributed by atoms with van der Waals surface area (Å²) < 4.78 is 1.73. The molecule has 0 atom stereocenters. The highest BCUT2D eigenvalue weighted by atomic mass is 35.5. The number of anilines is 1. The maximum Gasteiger partial charge on any atom is 0.244 e. The fourth-order valence-corrected chi connectivity index (χ4v) is 1.87. The molecule has 21 heavy (non-hydrogen) atoms. The van der Waals surface area contributed by atoms with Crippen molar-refractivity contribution in [3.05, 3.63) is 42.5 Å². The van der Waals surface area contributed by atoms with Crippen molar-refractivity contribution in [1.82, 2.24) is 14.8 Å². The van der Waals surface area contributed by atoms with Gasteiger partial charge in [-0.3, -0.25) is 4.79 Å². The third-order valence-corrected chi connectivity index (χ3v) is 3.24. The Bertz CT molecular complexity index is 598. The first-order chi connectivity index (χ1) is 9.16. The van der Waals surface area contributed by atoms with Crippen LogP contribution in [0.15, 0.2) is 36.9 Å². The Kier molecular flexibility index (Phi) is 5.71. The molecule has 0 aliphatic heterocycles. The Morgan fingerprint density at radius 1 is 1.38 bits per heavy atom. The van der Waals surface area contributed by atoms with E-state index in [1.807, 2.05) is 24.3 Å². The van der Waals surface area contributed by atoms with Crippen LogP contribution in [0.25, 0.3) is 0 Å². The quantitative estimate of drug-likeness (QED) is 0.892. The second-order valence-electron chi connectivity index (χ2n) is 4.90. The Morgan fingerprint density at radius 3 is 2.76 bits per heavy atom. The van der Waals surface area contributed by atoms with Crippen LogP contribution in [0.2, 0.25) is 0 Å². The third-order valence-electron chi connectivity index (χ3n) is 3.24. The Hall–Kier alpha value is -1.63. The molecule has 3 rings (SSSR count). The number of carbonyl (C=O) groups excluding carboxylic acids is 1. The molecule has 1 aliphatic rings. The molecule has 8 heteroatoms. The number of hydrogen-bond acceptors (Lipinski definition) is 4. The van der Waals surface area contributed by atoms with Gasteiger partial charge in [-0.1, -0.05) is 12.1 Å². The summed E-state index contributed by atoms with van der Waals surface area (Å²) in [5.74, 6) is -0.106. The number of nitrogens with two attached hydrogens (primary N) is 1. The second-order valence-corrected chi connectivity index (χ2v) is 4.90. The maximum atomic E-state index is 11.9. The molecule has 0 radical (unpaired) electrons. The molecule has 114 valence electrons. The Balaban J connectivity index is 0.00000110. The number of nitrogens with one attached hydrogen (secondary N) is 1. The molecule has 3 N–H and O–H groups in total. The Labute approximate surface area is 134 Å². The maximum absolute atomic E-state index is 11.9. The molecule has 1 saturated carbocycles. The molecule has 1 fully saturated rings. The minimum atomic E-state index is -0.651. The van der Waals surface area contributed by atoms with Crippen molar-refractivity contribution in [2.75, 3.05) is 5.32 Å². The summed E-state index contributed by atoms with van der Waals surface area (Å²) in [6.07, 6.45) is 4.68. The number of hydrogen-bond donors (Lipinski definition) is 2. The number of nitrogens with zero attached hydrogens (tertiary/aromatic N) is 3. The lowest BCUT2D eigenvalue weighted by Crippen LogP contribution is -2.37. The van der Waals surface area contributed by atoms with E-state index in [1.165, 1.54) is 6.33 Å². The molecule has 0 spiro atoms. The smallest absolute Gasteiger partial charge is 0.244 e. The van der Waals surface area contributed by atoms with Gasteiger partial charge in [-0.05, 0) is 30.5 Å². The van der Waals surface area contributed by atoms with E-state index in [0.29, 0.717) is 6.54 Å². The third kappa shape index (κ3) is 4.17. The topological polar surface area (TPSA) is 85.8 Å². The van der Waals surface area contributed by atoms with Crippen LogP contribution in [-0.2, 0) is 11.3 Å². The van der Waals surface area contributed by atoms with Crippen LogP contribution >= 0.6 is 24.8 Å². The van der Waals surface area contributed by atoms with Gasteiger partial charge in [-0.15, -0.1) is 24.8 Å². The van der Waals surface area contributed by atoms with Crippen LogP contribution in [0, 0.1) is 0 Å². The van der Waals surface area contributed by atoms with Gasteiger partial charge in [0.15, 0.2) is 0 Å². The predicted octanol–water partition coefficient (Wildman–Crippen LogP) is 1.60. The van der Waals surface area contributed by atoms with Gasteiger partial charge < -0.3 is 11.1 Å². The molecule has 0 bridgehead atoms. The zero-order valence-electron chi connectivity index (χ0n) is 11.2. The average molecular weight is 330 g/mol. The summed E-state index contributed by atoms with van der Waals surface area (Å²) in [4.78, 5) is 15.8. The van der Waals surface area contributed by atoms with Crippen molar-refractivity contribution in [3.8, 4) is 0 Å². The minimum Gasteiger partial charge on any atom is -0.324 e. The first kappa shape index (κ1) is 17.4. The van der Waals surface area contributed by atoms with Crippen LogP contribution in [0.3, 0.4) is 0 Å². The van der Waals surface area contributed by atoms with Crippen LogP contribution in [0.4, 0.5) is 5.69 Å². The average Bonchev–Trinajstić information content (AvgIpc) is 2.95. The van der Waals surface area contributed by atoms with E-state index in [1.54, 1.807) is 11.0 Å². The summed E-state index contributed by atoms with van der Waals surface area (Å²) in [6.45, 7) is 0.622. The zero-order valence-corrected chi connectivity index (χ0v) is 12.9. The van der Waals surface area contributed by atoms with Crippen LogP contribution in [0.5, 0.6) is 0 Å². The predicted molar refractivity (Wildman–Crippen MR) is 84.8 cm³/mol. The first-order valence-corrected chi connectivity index (χ1v) is 6.17. The fraction of sp³-hybridized carbons (Fsp3) is 0.308. The highest BCUT2D eigenvalue weighted by Crippen LogP contribution is 2.33. The van der Waals surface area contributed by atoms with Crippen molar-refractivity contribution >= 4 is 36.4 Å². The normalized spacial score (nSPS) is 14.5. The van der Waals surface area contributed by atoms with E-state index in [9.17, 15) is 4.79 Å². The summed E-state index contributed by atoms with van der Waals surface area (Å²) in [6, 6.07) is 7.66. The summed E-state index contributed by atoms with van der Waals surface area (Å²) in [5, 5.41) is 6.90. The van der Waals surface area contributed by atoms with Gasteiger partial charge in [0.2, 0.25) is 5.91 Å². The van der Waals surface area contributed by atoms with Crippen LogP contribution in [0.1, 0.15) is 18.4 Å². The van der Waals surface area contributed by atoms with Gasteiger partial charge in [0.25, 0.3) is 0 Å². The lowest BCUT2D eigenvalue weighted by molar-refractivity contribution is -0.118. The molecule has 6 nitrogen and oxygen atoms in total. The fourth-order valence-electron chi connectivity index (χ4n) is 1.87. The van der Waals surface area contributed by atoms with Gasteiger partial charge in [0.05, 0.1) is 12.1 Å². The van der Waals surface area contributed by atoms with E-state index in [2.05, 4.69) is 15.4 Å². The number of amides is 1. The lowest BCUT2D eigenvalue weighted by Gasteiger charge is -2.11. The van der Waals surface area contributed by atoms with Gasteiger partial charge >= 0.3 is 0 Å².